The van der Waals surface area contributed by atoms with Gasteiger partial charge in [0.25, 0.3) is 5.91 Å². The number of nitrogens with one attached hydrogen (secondary N) is 2. The lowest BCUT2D eigenvalue weighted by Gasteiger charge is -2.31. The first-order valence-corrected chi connectivity index (χ1v) is 11.5. The standard InChI is InChI=1S/C25H30N4O2S/c1-5-26-25(31)27-21-13-14-22(28(3)4)20(16-21)17-29(24(30)23-12-9-15-32-23)18(2)19-10-7-6-8-11-19/h6-16,18H,5,17H2,1-4H3,(H2,26,27,31)/t18-/m0/s1. The van der Waals surface area contributed by atoms with Crippen LogP contribution in [-0.2, 0) is 6.54 Å². The molecular weight excluding hydrogens is 420 g/mol. The van der Waals surface area contributed by atoms with E-state index >= 15 is 0 Å². The van der Waals surface area contributed by atoms with Crippen LogP contribution in [0.4, 0.5) is 16.2 Å². The third kappa shape index (κ3) is 5.68. The Bertz CT molecular complexity index is 1040. The Kier molecular flexibility index (Phi) is 7.89. The molecule has 0 unspecified atom stereocenters. The average molecular weight is 451 g/mol. The van der Waals surface area contributed by atoms with Crippen LogP contribution < -0.4 is 15.5 Å². The van der Waals surface area contributed by atoms with E-state index in [0.717, 1.165) is 16.8 Å². The summed E-state index contributed by atoms with van der Waals surface area (Å²) in [4.78, 5) is 30.1. The molecule has 7 heteroatoms. The highest BCUT2D eigenvalue weighted by Crippen LogP contribution is 2.30. The molecule has 2 aromatic carbocycles. The van der Waals surface area contributed by atoms with Crippen molar-refractivity contribution < 1.29 is 9.59 Å². The van der Waals surface area contributed by atoms with Gasteiger partial charge in [-0.05, 0) is 54.6 Å². The van der Waals surface area contributed by atoms with Gasteiger partial charge in [-0.25, -0.2) is 4.79 Å². The number of benzene rings is 2. The molecular formula is C25H30N4O2S. The molecule has 0 saturated carbocycles. The molecule has 0 bridgehead atoms. The second kappa shape index (κ2) is 10.8. The van der Waals surface area contributed by atoms with E-state index in [0.29, 0.717) is 23.7 Å². The van der Waals surface area contributed by atoms with Gasteiger partial charge in [-0.1, -0.05) is 36.4 Å². The molecule has 168 valence electrons. The van der Waals surface area contributed by atoms with Gasteiger partial charge in [0, 0.05) is 38.6 Å². The van der Waals surface area contributed by atoms with E-state index in [1.54, 1.807) is 0 Å². The van der Waals surface area contributed by atoms with Crippen LogP contribution in [0, 0.1) is 0 Å². The zero-order valence-corrected chi connectivity index (χ0v) is 19.8. The van der Waals surface area contributed by atoms with Gasteiger partial charge in [0.15, 0.2) is 0 Å². The molecule has 0 radical (unpaired) electrons. The zero-order valence-electron chi connectivity index (χ0n) is 19.0. The molecule has 0 aliphatic heterocycles. The molecule has 3 amide bonds. The Morgan fingerprint density at radius 1 is 1.03 bits per heavy atom. The van der Waals surface area contributed by atoms with Crippen molar-refractivity contribution in [1.29, 1.82) is 0 Å². The van der Waals surface area contributed by atoms with Crippen LogP contribution in [0.2, 0.25) is 0 Å². The largest absolute Gasteiger partial charge is 0.377 e. The van der Waals surface area contributed by atoms with E-state index in [-0.39, 0.29) is 18.0 Å². The van der Waals surface area contributed by atoms with Crippen LogP contribution in [0.5, 0.6) is 0 Å². The maximum Gasteiger partial charge on any atom is 0.319 e. The van der Waals surface area contributed by atoms with Gasteiger partial charge in [0.2, 0.25) is 0 Å². The summed E-state index contributed by atoms with van der Waals surface area (Å²) >= 11 is 1.44. The van der Waals surface area contributed by atoms with Crippen molar-refractivity contribution in [3.63, 3.8) is 0 Å². The molecule has 3 rings (SSSR count). The van der Waals surface area contributed by atoms with Crippen LogP contribution >= 0.6 is 11.3 Å². The molecule has 6 nitrogen and oxygen atoms in total. The minimum atomic E-state index is -0.250. The molecule has 1 atom stereocenters. The van der Waals surface area contributed by atoms with E-state index in [9.17, 15) is 9.59 Å². The number of hydrogen-bond acceptors (Lipinski definition) is 4. The van der Waals surface area contributed by atoms with Crippen LogP contribution in [0.1, 0.15) is 40.7 Å². The number of carbonyl (C=O) groups excluding carboxylic acids is 2. The first-order chi connectivity index (χ1) is 15.4. The summed E-state index contributed by atoms with van der Waals surface area (Å²) in [6.07, 6.45) is 0. The summed E-state index contributed by atoms with van der Waals surface area (Å²) < 4.78 is 0. The second-order valence-electron chi connectivity index (χ2n) is 7.72. The lowest BCUT2D eigenvalue weighted by Crippen LogP contribution is -2.33. The quantitative estimate of drug-likeness (QED) is 0.486. The topological polar surface area (TPSA) is 64.7 Å². The third-order valence-electron chi connectivity index (χ3n) is 5.24. The summed E-state index contributed by atoms with van der Waals surface area (Å²) in [6.45, 7) is 4.88. The molecule has 0 aliphatic rings. The fraction of sp³-hybridized carbons (Fsp3) is 0.280. The number of rotatable bonds is 8. The maximum atomic E-state index is 13.5. The second-order valence-corrected chi connectivity index (χ2v) is 8.67. The number of carbonyl (C=O) groups is 2. The Morgan fingerprint density at radius 2 is 1.78 bits per heavy atom. The van der Waals surface area contributed by atoms with Crippen LogP contribution in [-0.4, -0.2) is 37.5 Å². The summed E-state index contributed by atoms with van der Waals surface area (Å²) in [7, 11) is 3.95. The lowest BCUT2D eigenvalue weighted by molar-refractivity contribution is 0.0679. The molecule has 1 aromatic heterocycles. The van der Waals surface area contributed by atoms with Crippen LogP contribution in [0.15, 0.2) is 66.0 Å². The van der Waals surface area contributed by atoms with Gasteiger partial charge in [-0.2, -0.15) is 0 Å². The predicted octanol–water partition coefficient (Wildman–Crippen LogP) is 5.36. The summed E-state index contributed by atoms with van der Waals surface area (Å²) in [5, 5.41) is 7.53. The molecule has 0 saturated heterocycles. The van der Waals surface area contributed by atoms with Crippen LogP contribution in [0.3, 0.4) is 0 Å². The van der Waals surface area contributed by atoms with Gasteiger partial charge in [0.05, 0.1) is 10.9 Å². The van der Waals surface area contributed by atoms with Gasteiger partial charge < -0.3 is 20.4 Å². The van der Waals surface area contributed by atoms with Crippen molar-refractivity contribution in [2.75, 3.05) is 30.9 Å². The average Bonchev–Trinajstić information content (AvgIpc) is 3.32. The Balaban J connectivity index is 1.98. The first-order valence-electron chi connectivity index (χ1n) is 10.6. The number of hydrogen-bond donors (Lipinski definition) is 2. The van der Waals surface area contributed by atoms with Crippen molar-refractivity contribution in [3.05, 3.63) is 82.0 Å². The van der Waals surface area contributed by atoms with E-state index in [1.165, 1.54) is 11.3 Å². The fourth-order valence-corrected chi connectivity index (χ4v) is 4.26. The summed E-state index contributed by atoms with van der Waals surface area (Å²) in [5.41, 5.74) is 3.71. The molecule has 32 heavy (non-hydrogen) atoms. The molecule has 0 fully saturated rings. The highest BCUT2D eigenvalue weighted by molar-refractivity contribution is 7.12. The molecule has 0 aliphatic carbocycles. The Labute approximate surface area is 193 Å². The van der Waals surface area contributed by atoms with Gasteiger partial charge in [-0.3, -0.25) is 4.79 Å². The van der Waals surface area contributed by atoms with E-state index in [1.807, 2.05) is 104 Å². The van der Waals surface area contributed by atoms with Crippen molar-refractivity contribution in [3.8, 4) is 0 Å². The van der Waals surface area contributed by atoms with Crippen molar-refractivity contribution in [2.24, 2.45) is 0 Å². The molecule has 1 heterocycles. The van der Waals surface area contributed by atoms with Crippen LogP contribution in [0.25, 0.3) is 0 Å². The molecule has 0 spiro atoms. The Hall–Kier alpha value is -3.32. The number of anilines is 2. The predicted molar refractivity (Wildman–Crippen MR) is 133 cm³/mol. The van der Waals surface area contributed by atoms with Crippen molar-refractivity contribution in [2.45, 2.75) is 26.4 Å². The van der Waals surface area contributed by atoms with Gasteiger partial charge >= 0.3 is 6.03 Å². The maximum absolute atomic E-state index is 13.5. The number of nitrogens with zero attached hydrogens (tertiary/aromatic N) is 2. The molecule has 2 N–H and O–H groups in total. The van der Waals surface area contributed by atoms with Crippen molar-refractivity contribution >= 4 is 34.6 Å². The fourth-order valence-electron chi connectivity index (χ4n) is 3.58. The number of urea groups is 1. The van der Waals surface area contributed by atoms with Gasteiger partial charge in [-0.15, -0.1) is 11.3 Å². The highest BCUT2D eigenvalue weighted by atomic mass is 32.1. The van der Waals surface area contributed by atoms with E-state index in [4.69, 9.17) is 0 Å². The third-order valence-corrected chi connectivity index (χ3v) is 6.10. The Morgan fingerprint density at radius 3 is 2.41 bits per heavy atom. The van der Waals surface area contributed by atoms with E-state index in [2.05, 4.69) is 10.6 Å². The molecule has 3 aromatic rings. The monoisotopic (exact) mass is 450 g/mol. The number of amides is 3. The normalized spacial score (nSPS) is 11.5. The van der Waals surface area contributed by atoms with E-state index < -0.39 is 0 Å². The number of thiophene rings is 1. The minimum absolute atomic E-state index is 0.0110. The highest BCUT2D eigenvalue weighted by Gasteiger charge is 2.25. The lowest BCUT2D eigenvalue weighted by atomic mass is 10.0. The smallest absolute Gasteiger partial charge is 0.319 e. The zero-order chi connectivity index (χ0) is 23.1. The first kappa shape index (κ1) is 23.3. The van der Waals surface area contributed by atoms with Crippen molar-refractivity contribution in [1.82, 2.24) is 10.2 Å². The van der Waals surface area contributed by atoms with Gasteiger partial charge in [0.1, 0.15) is 0 Å². The summed E-state index contributed by atoms with van der Waals surface area (Å²) in [5.74, 6) is -0.0110. The minimum Gasteiger partial charge on any atom is -0.377 e. The SMILES string of the molecule is CCNC(=O)Nc1ccc(N(C)C)c(CN(C(=O)c2cccs2)[C@@H](C)c2ccccc2)c1. The summed E-state index contributed by atoms with van der Waals surface area (Å²) in [6, 6.07) is 19.2.